The van der Waals surface area contributed by atoms with Crippen LogP contribution in [0.3, 0.4) is 0 Å². The highest BCUT2D eigenvalue weighted by molar-refractivity contribution is 5.66. The first kappa shape index (κ1) is 13.3. The number of hydrogen-bond acceptors (Lipinski definition) is 2. The van der Waals surface area contributed by atoms with Crippen LogP contribution in [0.2, 0.25) is 0 Å². The third-order valence-electron chi connectivity index (χ3n) is 2.35. The normalized spacial score (nSPS) is 11.1. The summed E-state index contributed by atoms with van der Waals surface area (Å²) in [6, 6.07) is 0. The molecule has 14 heavy (non-hydrogen) atoms. The van der Waals surface area contributed by atoms with Crippen molar-refractivity contribution in [1.82, 2.24) is 5.32 Å². The summed E-state index contributed by atoms with van der Waals surface area (Å²) in [5.74, 6) is 0. The molecule has 0 aliphatic carbocycles. The zero-order valence-electron chi connectivity index (χ0n) is 9.85. The molecule has 0 aliphatic rings. The number of unbranched alkanes of at least 4 members (excludes halogenated alkanes) is 2. The lowest BCUT2D eigenvalue weighted by atomic mass is 9.87. The monoisotopic (exact) mass is 201 g/mol. The van der Waals surface area contributed by atoms with E-state index in [2.05, 4.69) is 30.8 Å². The average Bonchev–Trinajstić information content (AvgIpc) is 2.14. The fraction of sp³-hybridized carbons (Fsp3) is 0.909. The largest absolute Gasteiger partial charge is 0.453 e. The van der Waals surface area contributed by atoms with Gasteiger partial charge in [-0.1, -0.05) is 40.0 Å². The van der Waals surface area contributed by atoms with Gasteiger partial charge in [0.25, 0.3) is 0 Å². The molecule has 0 heterocycles. The van der Waals surface area contributed by atoms with Crippen molar-refractivity contribution in [3.8, 4) is 0 Å². The van der Waals surface area contributed by atoms with Crippen LogP contribution < -0.4 is 5.32 Å². The SMILES string of the molecule is CCCCCC(C)(C)CNC(=O)OC. The van der Waals surface area contributed by atoms with E-state index in [9.17, 15) is 4.79 Å². The molecule has 0 aromatic carbocycles. The van der Waals surface area contributed by atoms with Crippen LogP contribution in [-0.2, 0) is 4.74 Å². The second-order valence-corrected chi connectivity index (χ2v) is 4.47. The van der Waals surface area contributed by atoms with Crippen LogP contribution in [-0.4, -0.2) is 19.7 Å². The van der Waals surface area contributed by atoms with Gasteiger partial charge in [0.2, 0.25) is 0 Å². The van der Waals surface area contributed by atoms with Crippen LogP contribution in [0.15, 0.2) is 0 Å². The molecule has 0 aliphatic heterocycles. The van der Waals surface area contributed by atoms with Gasteiger partial charge in [-0.15, -0.1) is 0 Å². The molecule has 0 saturated heterocycles. The second-order valence-electron chi connectivity index (χ2n) is 4.47. The summed E-state index contributed by atoms with van der Waals surface area (Å²) in [6.45, 7) is 7.21. The Kier molecular flexibility index (Phi) is 6.34. The number of nitrogens with one attached hydrogen (secondary N) is 1. The quantitative estimate of drug-likeness (QED) is 0.671. The standard InChI is InChI=1S/C11H23NO2/c1-5-6-7-8-11(2,3)9-12-10(13)14-4/h5-9H2,1-4H3,(H,12,13). The van der Waals surface area contributed by atoms with Gasteiger partial charge < -0.3 is 10.1 Å². The van der Waals surface area contributed by atoms with Gasteiger partial charge in [0.05, 0.1) is 7.11 Å². The Labute approximate surface area is 87.2 Å². The highest BCUT2D eigenvalue weighted by Gasteiger charge is 2.18. The van der Waals surface area contributed by atoms with Crippen LogP contribution in [0, 0.1) is 5.41 Å². The minimum atomic E-state index is -0.339. The van der Waals surface area contributed by atoms with Gasteiger partial charge in [0.1, 0.15) is 0 Å². The van der Waals surface area contributed by atoms with E-state index in [0.29, 0.717) is 6.54 Å². The van der Waals surface area contributed by atoms with E-state index in [-0.39, 0.29) is 11.5 Å². The molecule has 1 N–H and O–H groups in total. The van der Waals surface area contributed by atoms with Crippen molar-refractivity contribution in [1.29, 1.82) is 0 Å². The van der Waals surface area contributed by atoms with Crippen molar-refractivity contribution in [2.24, 2.45) is 5.41 Å². The second kappa shape index (κ2) is 6.68. The van der Waals surface area contributed by atoms with Gasteiger partial charge in [0.15, 0.2) is 0 Å². The zero-order chi connectivity index (χ0) is 11.0. The molecule has 1 amide bonds. The van der Waals surface area contributed by atoms with Crippen LogP contribution >= 0.6 is 0 Å². The summed E-state index contributed by atoms with van der Waals surface area (Å²) in [5, 5.41) is 2.74. The lowest BCUT2D eigenvalue weighted by Gasteiger charge is -2.24. The topological polar surface area (TPSA) is 38.3 Å². The van der Waals surface area contributed by atoms with Gasteiger partial charge in [0, 0.05) is 6.54 Å². The Morgan fingerprint density at radius 1 is 1.36 bits per heavy atom. The highest BCUT2D eigenvalue weighted by atomic mass is 16.5. The summed E-state index contributed by atoms with van der Waals surface area (Å²) >= 11 is 0. The number of methoxy groups -OCH3 is 1. The summed E-state index contributed by atoms with van der Waals surface area (Å²) in [6.07, 6.45) is 4.54. The lowest BCUT2D eigenvalue weighted by Crippen LogP contribution is -2.33. The molecule has 0 rings (SSSR count). The first-order valence-electron chi connectivity index (χ1n) is 5.33. The number of carbonyl (C=O) groups is 1. The number of alkyl carbamates (subject to hydrolysis) is 1. The fourth-order valence-corrected chi connectivity index (χ4v) is 1.33. The van der Waals surface area contributed by atoms with Crippen molar-refractivity contribution < 1.29 is 9.53 Å². The van der Waals surface area contributed by atoms with Crippen LogP contribution in [0.4, 0.5) is 4.79 Å². The van der Waals surface area contributed by atoms with Gasteiger partial charge in [-0.25, -0.2) is 4.79 Å². The molecule has 0 fully saturated rings. The maximum absolute atomic E-state index is 10.9. The van der Waals surface area contributed by atoms with E-state index in [0.717, 1.165) is 6.42 Å². The molecular formula is C11H23NO2. The molecule has 0 saturated carbocycles. The third-order valence-corrected chi connectivity index (χ3v) is 2.35. The molecule has 0 aromatic heterocycles. The molecule has 3 nitrogen and oxygen atoms in total. The predicted octanol–water partition coefficient (Wildman–Crippen LogP) is 2.95. The van der Waals surface area contributed by atoms with Gasteiger partial charge in [-0.3, -0.25) is 0 Å². The van der Waals surface area contributed by atoms with E-state index in [1.807, 2.05) is 0 Å². The molecule has 0 radical (unpaired) electrons. The Balaban J connectivity index is 3.65. The van der Waals surface area contributed by atoms with Crippen molar-refractivity contribution >= 4 is 6.09 Å². The predicted molar refractivity (Wildman–Crippen MR) is 58.3 cm³/mol. The van der Waals surface area contributed by atoms with E-state index in [1.54, 1.807) is 0 Å². The average molecular weight is 201 g/mol. The molecule has 0 atom stereocenters. The highest BCUT2D eigenvalue weighted by Crippen LogP contribution is 2.22. The summed E-state index contributed by atoms with van der Waals surface area (Å²) in [7, 11) is 1.39. The van der Waals surface area contributed by atoms with Crippen molar-refractivity contribution in [2.45, 2.75) is 46.5 Å². The first-order chi connectivity index (χ1) is 6.52. The number of rotatable bonds is 6. The zero-order valence-corrected chi connectivity index (χ0v) is 9.85. The maximum Gasteiger partial charge on any atom is 0.406 e. The molecule has 84 valence electrons. The fourth-order valence-electron chi connectivity index (χ4n) is 1.33. The molecule has 0 unspecified atom stereocenters. The Hall–Kier alpha value is -0.730. The van der Waals surface area contributed by atoms with E-state index in [1.165, 1.54) is 26.4 Å². The first-order valence-corrected chi connectivity index (χ1v) is 5.33. The van der Waals surface area contributed by atoms with Gasteiger partial charge in [-0.2, -0.15) is 0 Å². The van der Waals surface area contributed by atoms with Crippen molar-refractivity contribution in [3.63, 3.8) is 0 Å². The number of carbonyl (C=O) groups excluding carboxylic acids is 1. The molecular weight excluding hydrogens is 178 g/mol. The molecule has 0 aromatic rings. The minimum Gasteiger partial charge on any atom is -0.453 e. The minimum absolute atomic E-state index is 0.170. The van der Waals surface area contributed by atoms with E-state index >= 15 is 0 Å². The third kappa shape index (κ3) is 6.75. The van der Waals surface area contributed by atoms with E-state index < -0.39 is 0 Å². The van der Waals surface area contributed by atoms with Gasteiger partial charge in [-0.05, 0) is 11.8 Å². The molecule has 0 spiro atoms. The molecule has 3 heteroatoms. The van der Waals surface area contributed by atoms with Crippen LogP contribution in [0.25, 0.3) is 0 Å². The smallest absolute Gasteiger partial charge is 0.406 e. The number of hydrogen-bond donors (Lipinski definition) is 1. The Morgan fingerprint density at radius 3 is 2.50 bits per heavy atom. The van der Waals surface area contributed by atoms with Crippen molar-refractivity contribution in [3.05, 3.63) is 0 Å². The van der Waals surface area contributed by atoms with Crippen LogP contribution in [0.1, 0.15) is 46.5 Å². The van der Waals surface area contributed by atoms with E-state index in [4.69, 9.17) is 0 Å². The lowest BCUT2D eigenvalue weighted by molar-refractivity contribution is 0.164. The maximum atomic E-state index is 10.9. The Bertz CT molecular complexity index is 167. The number of ether oxygens (including phenoxy) is 1. The van der Waals surface area contributed by atoms with Crippen molar-refractivity contribution in [2.75, 3.05) is 13.7 Å². The summed E-state index contributed by atoms with van der Waals surface area (Å²) in [4.78, 5) is 10.9. The molecule has 0 bridgehead atoms. The number of amides is 1. The summed E-state index contributed by atoms with van der Waals surface area (Å²) in [5.41, 5.74) is 0.170. The van der Waals surface area contributed by atoms with Gasteiger partial charge >= 0.3 is 6.09 Å². The van der Waals surface area contributed by atoms with Crippen LogP contribution in [0.5, 0.6) is 0 Å². The Morgan fingerprint density at radius 2 is 2.00 bits per heavy atom. The summed E-state index contributed by atoms with van der Waals surface area (Å²) < 4.78 is 4.52.